The van der Waals surface area contributed by atoms with E-state index in [1.54, 1.807) is 35.8 Å². The summed E-state index contributed by atoms with van der Waals surface area (Å²) in [4.78, 5) is 44.6. The number of nitrogens with zero attached hydrogens (tertiary/aromatic N) is 2. The lowest BCUT2D eigenvalue weighted by Crippen LogP contribution is -2.47. The van der Waals surface area contributed by atoms with Crippen LogP contribution < -0.4 is 5.56 Å². The van der Waals surface area contributed by atoms with Crippen LogP contribution in [-0.4, -0.2) is 21.5 Å². The molecule has 7 nitrogen and oxygen atoms in total. The highest BCUT2D eigenvalue weighted by molar-refractivity contribution is 6.33. The number of pyridine rings is 2. The van der Waals surface area contributed by atoms with Gasteiger partial charge >= 0.3 is 11.9 Å². The first kappa shape index (κ1) is 21.6. The molecule has 0 spiro atoms. The molecule has 174 valence electrons. The fraction of sp³-hybridized carbons (Fsp3) is 0.185. The van der Waals surface area contributed by atoms with Crippen molar-refractivity contribution in [1.82, 2.24) is 9.55 Å². The molecule has 2 aromatic carbocycles. The molecule has 0 saturated carbocycles. The summed E-state index contributed by atoms with van der Waals surface area (Å²) >= 11 is 6.19. The summed E-state index contributed by atoms with van der Waals surface area (Å²) in [7, 11) is 0. The highest BCUT2D eigenvalue weighted by atomic mass is 35.5. The molecule has 0 aliphatic carbocycles. The number of carbonyl (C=O) groups is 2. The number of ether oxygens (including phenoxy) is 2. The molecule has 0 fully saturated rings. The van der Waals surface area contributed by atoms with Gasteiger partial charge in [-0.05, 0) is 36.8 Å². The Kier molecular flexibility index (Phi) is 4.79. The summed E-state index contributed by atoms with van der Waals surface area (Å²) in [5, 5.41) is 1.18. The van der Waals surface area contributed by atoms with Crippen molar-refractivity contribution in [3.63, 3.8) is 0 Å². The van der Waals surface area contributed by atoms with E-state index in [-0.39, 0.29) is 29.2 Å². The van der Waals surface area contributed by atoms with Gasteiger partial charge in [0, 0.05) is 16.5 Å². The van der Waals surface area contributed by atoms with Gasteiger partial charge in [0.25, 0.3) is 5.56 Å². The first-order valence-electron chi connectivity index (χ1n) is 11.2. The standard InChI is InChI=1S/C27H19ClN2O5/c1-2-27(35-25(32)17-8-4-5-9-20(17)28)19-12-22-23-16(11-15-7-3-6-10-21(15)29-23)13-30(22)24(31)18(19)14-34-26(27)33/h3-12H,2,13-14H2,1H3/t27-/m0/s1. The average Bonchev–Trinajstić information content (AvgIpc) is 3.22. The van der Waals surface area contributed by atoms with Gasteiger partial charge in [-0.3, -0.25) is 4.79 Å². The molecule has 2 aromatic heterocycles. The molecule has 1 atom stereocenters. The molecule has 0 bridgehead atoms. The third-order valence-corrected chi connectivity index (χ3v) is 7.07. The van der Waals surface area contributed by atoms with Crippen LogP contribution in [0.4, 0.5) is 0 Å². The Morgan fingerprint density at radius 2 is 1.91 bits per heavy atom. The smallest absolute Gasteiger partial charge is 0.355 e. The predicted molar refractivity (Wildman–Crippen MR) is 129 cm³/mol. The number of esters is 2. The van der Waals surface area contributed by atoms with Gasteiger partial charge in [-0.25, -0.2) is 14.6 Å². The minimum atomic E-state index is -1.78. The van der Waals surface area contributed by atoms with Crippen molar-refractivity contribution in [2.75, 3.05) is 0 Å². The molecular formula is C27H19ClN2O5. The largest absolute Gasteiger partial charge is 0.457 e. The van der Waals surface area contributed by atoms with E-state index < -0.39 is 17.5 Å². The van der Waals surface area contributed by atoms with Crippen LogP contribution in [0.1, 0.15) is 40.4 Å². The summed E-state index contributed by atoms with van der Waals surface area (Å²) in [5.74, 6) is -1.49. The second-order valence-electron chi connectivity index (χ2n) is 8.63. The maximum absolute atomic E-state index is 13.6. The van der Waals surface area contributed by atoms with Crippen LogP contribution in [-0.2, 0) is 33.0 Å². The molecule has 35 heavy (non-hydrogen) atoms. The van der Waals surface area contributed by atoms with Crippen molar-refractivity contribution in [1.29, 1.82) is 0 Å². The Balaban J connectivity index is 1.54. The number of aromatic nitrogens is 2. The lowest BCUT2D eigenvalue weighted by molar-refractivity contribution is -0.173. The Hall–Kier alpha value is -3.97. The van der Waals surface area contributed by atoms with E-state index >= 15 is 0 Å². The van der Waals surface area contributed by atoms with E-state index in [2.05, 4.69) is 0 Å². The van der Waals surface area contributed by atoms with Crippen molar-refractivity contribution in [3.05, 3.63) is 98.3 Å². The third kappa shape index (κ3) is 3.12. The first-order valence-corrected chi connectivity index (χ1v) is 11.6. The molecular weight excluding hydrogens is 468 g/mol. The number of para-hydroxylation sites is 1. The fourth-order valence-corrected chi connectivity index (χ4v) is 5.14. The topological polar surface area (TPSA) is 87.5 Å². The first-order chi connectivity index (χ1) is 16.9. The number of fused-ring (bicyclic) bond motifs is 5. The van der Waals surface area contributed by atoms with Gasteiger partial charge in [0.2, 0.25) is 5.60 Å². The normalized spacial score (nSPS) is 17.9. The Labute approximate surface area is 204 Å². The van der Waals surface area contributed by atoms with Crippen LogP contribution in [0, 0.1) is 0 Å². The summed E-state index contributed by atoms with van der Waals surface area (Å²) in [6.45, 7) is 1.88. The zero-order valence-electron chi connectivity index (χ0n) is 18.7. The van der Waals surface area contributed by atoms with Crippen molar-refractivity contribution in [2.24, 2.45) is 0 Å². The maximum atomic E-state index is 13.6. The molecule has 0 radical (unpaired) electrons. The highest BCUT2D eigenvalue weighted by Crippen LogP contribution is 2.41. The molecule has 4 aromatic rings. The number of carbonyl (C=O) groups excluding carboxylic acids is 2. The Morgan fingerprint density at radius 1 is 1.14 bits per heavy atom. The summed E-state index contributed by atoms with van der Waals surface area (Å²) in [6, 6.07) is 17.9. The van der Waals surface area contributed by atoms with E-state index in [0.717, 1.165) is 16.5 Å². The molecule has 0 amide bonds. The van der Waals surface area contributed by atoms with Crippen LogP contribution in [0.3, 0.4) is 0 Å². The van der Waals surface area contributed by atoms with Crippen molar-refractivity contribution in [2.45, 2.75) is 32.1 Å². The van der Waals surface area contributed by atoms with Gasteiger partial charge in [0.1, 0.15) is 6.61 Å². The maximum Gasteiger partial charge on any atom is 0.355 e. The zero-order valence-corrected chi connectivity index (χ0v) is 19.5. The van der Waals surface area contributed by atoms with Gasteiger partial charge in [0.05, 0.1) is 39.6 Å². The minimum Gasteiger partial charge on any atom is -0.457 e. The van der Waals surface area contributed by atoms with Crippen LogP contribution in [0.5, 0.6) is 0 Å². The lowest BCUT2D eigenvalue weighted by atomic mass is 9.85. The quantitative estimate of drug-likeness (QED) is 0.346. The Morgan fingerprint density at radius 3 is 2.71 bits per heavy atom. The molecule has 2 aliphatic rings. The predicted octanol–water partition coefficient (Wildman–Crippen LogP) is 4.60. The molecule has 2 aliphatic heterocycles. The SMILES string of the molecule is CC[C@@]1(OC(=O)c2ccccc2Cl)C(=O)OCc2c1cc1n(c2=O)Cc2cc3ccccc3nc2-1. The number of cyclic esters (lactones) is 1. The molecule has 0 saturated heterocycles. The van der Waals surface area contributed by atoms with Gasteiger partial charge in [0.15, 0.2) is 0 Å². The molecule has 8 heteroatoms. The number of benzene rings is 2. The van der Waals surface area contributed by atoms with Crippen LogP contribution in [0.15, 0.2) is 65.5 Å². The van der Waals surface area contributed by atoms with Crippen molar-refractivity contribution >= 4 is 34.4 Å². The minimum absolute atomic E-state index is 0.0793. The average molecular weight is 487 g/mol. The number of rotatable bonds is 3. The van der Waals surface area contributed by atoms with E-state index in [9.17, 15) is 14.4 Å². The molecule has 6 rings (SSSR count). The molecule has 0 N–H and O–H groups in total. The van der Waals surface area contributed by atoms with Gasteiger partial charge in [-0.1, -0.05) is 48.9 Å². The third-order valence-electron chi connectivity index (χ3n) is 6.75. The van der Waals surface area contributed by atoms with Crippen LogP contribution in [0.2, 0.25) is 5.02 Å². The summed E-state index contributed by atoms with van der Waals surface area (Å²) in [6.07, 6.45) is 0.0793. The van der Waals surface area contributed by atoms with E-state index in [1.165, 1.54) is 6.07 Å². The molecule has 0 unspecified atom stereocenters. The molecule has 4 heterocycles. The number of hydrogen-bond acceptors (Lipinski definition) is 6. The Bertz CT molecular complexity index is 1630. The second kappa shape index (κ2) is 7.78. The second-order valence-corrected chi connectivity index (χ2v) is 9.04. The summed E-state index contributed by atoms with van der Waals surface area (Å²) < 4.78 is 12.9. The summed E-state index contributed by atoms with van der Waals surface area (Å²) in [5.41, 5.74) is 1.63. The van der Waals surface area contributed by atoms with Crippen LogP contribution >= 0.6 is 11.6 Å². The fourth-order valence-electron chi connectivity index (χ4n) is 4.92. The van der Waals surface area contributed by atoms with Gasteiger partial charge < -0.3 is 14.0 Å². The number of halogens is 1. The zero-order chi connectivity index (χ0) is 24.3. The monoisotopic (exact) mass is 486 g/mol. The highest BCUT2D eigenvalue weighted by Gasteiger charge is 2.50. The number of hydrogen-bond donors (Lipinski definition) is 0. The lowest BCUT2D eigenvalue weighted by Gasteiger charge is -2.35. The van der Waals surface area contributed by atoms with Crippen LogP contribution in [0.25, 0.3) is 22.3 Å². The van der Waals surface area contributed by atoms with Gasteiger partial charge in [-0.15, -0.1) is 0 Å². The van der Waals surface area contributed by atoms with E-state index in [4.69, 9.17) is 26.1 Å². The van der Waals surface area contributed by atoms with E-state index in [0.29, 0.717) is 29.1 Å². The van der Waals surface area contributed by atoms with Crippen molar-refractivity contribution in [3.8, 4) is 11.4 Å². The van der Waals surface area contributed by atoms with Gasteiger partial charge in [-0.2, -0.15) is 0 Å². The van der Waals surface area contributed by atoms with E-state index in [1.807, 2.05) is 30.3 Å². The van der Waals surface area contributed by atoms with Crippen molar-refractivity contribution < 1.29 is 19.1 Å².